The van der Waals surface area contributed by atoms with Gasteiger partial charge in [-0.15, -0.1) is 0 Å². The number of fused-ring (bicyclic) bond motifs is 1. The molecule has 4 atom stereocenters. The second-order valence-electron chi connectivity index (χ2n) is 9.60. The van der Waals surface area contributed by atoms with E-state index < -0.39 is 0 Å². The molecule has 3 aliphatic rings. The molecular weight excluding hydrogens is 460 g/mol. The summed E-state index contributed by atoms with van der Waals surface area (Å²) in [6, 6.07) is 10.4. The summed E-state index contributed by atoms with van der Waals surface area (Å²) in [5.74, 6) is 4.43. The average Bonchev–Trinajstić information content (AvgIpc) is 3.36. The van der Waals surface area contributed by atoms with Gasteiger partial charge in [-0.05, 0) is 41.9 Å². The summed E-state index contributed by atoms with van der Waals surface area (Å²) in [6.45, 7) is 15.9. The number of rotatable bonds is 5. The zero-order chi connectivity index (χ0) is 23.3. The third-order valence-corrected chi connectivity index (χ3v) is 7.85. The molecule has 3 aliphatic carbocycles. The first-order valence-corrected chi connectivity index (χ1v) is 12.4. The Morgan fingerprint density at radius 2 is 1.59 bits per heavy atom. The number of ketones is 1. The fraction of sp³-hybridized carbons (Fsp3) is 0.630. The van der Waals surface area contributed by atoms with E-state index in [-0.39, 0.29) is 23.0 Å². The third kappa shape index (κ3) is 9.24. The van der Waals surface area contributed by atoms with Crippen molar-refractivity contribution in [3.05, 3.63) is 49.4 Å². The minimum Gasteiger partial charge on any atom is 2.00 e. The van der Waals surface area contributed by atoms with E-state index in [1.807, 2.05) is 6.07 Å². The Bertz CT molecular complexity index is 670. The van der Waals surface area contributed by atoms with Crippen LogP contribution < -0.4 is 0 Å². The van der Waals surface area contributed by atoms with Crippen LogP contribution in [0.2, 0.25) is 0 Å². The zero-order valence-corrected chi connectivity index (χ0v) is 21.5. The molecule has 32 heavy (non-hydrogen) atoms. The van der Waals surface area contributed by atoms with Gasteiger partial charge in [-0.1, -0.05) is 95.0 Å². The molecule has 3 fully saturated rings. The van der Waals surface area contributed by atoms with Crippen LogP contribution in [0.1, 0.15) is 78.6 Å². The fourth-order valence-corrected chi connectivity index (χ4v) is 6.22. The van der Waals surface area contributed by atoms with Gasteiger partial charge in [-0.2, -0.15) is 0 Å². The number of Topliss-reactive ketones (excluding diaryl/α,β-unsaturated/α-hetero) is 1. The standard InChI is InChI=1S/C20H27OS.C5H10.2CO.Fe/c1-14(2)11-15-12-20(3)10-9-18(20)19(21)17(15)13-22-16-7-5-4-6-8-16;1-2-4-5-3-1;2*1-2;/h4-8,13-15,17-18H,9-12H2,1-3H3;1-5H2;;;/q-1;;;;+2/t15-,17?,18+,20-;;;;/m0..../s1. The number of carbonyl (C=O) groups is 1. The van der Waals surface area contributed by atoms with Gasteiger partial charge in [0.25, 0.3) is 0 Å². The molecule has 0 aromatic heterocycles. The maximum atomic E-state index is 13.0. The van der Waals surface area contributed by atoms with E-state index in [4.69, 9.17) is 9.30 Å². The summed E-state index contributed by atoms with van der Waals surface area (Å²) in [6.07, 6.45) is 12.3. The van der Waals surface area contributed by atoms with Gasteiger partial charge in [0.05, 0.1) is 0 Å². The van der Waals surface area contributed by atoms with Crippen LogP contribution in [0.3, 0.4) is 0 Å². The van der Waals surface area contributed by atoms with Crippen molar-refractivity contribution in [2.75, 3.05) is 0 Å². The molecule has 1 aromatic carbocycles. The first-order valence-electron chi connectivity index (χ1n) is 11.5. The van der Waals surface area contributed by atoms with E-state index in [0.29, 0.717) is 29.0 Å². The Labute approximate surface area is 210 Å². The van der Waals surface area contributed by atoms with E-state index in [2.05, 4.69) is 64.1 Å². The van der Waals surface area contributed by atoms with Crippen LogP contribution in [-0.2, 0) is 31.2 Å². The maximum absolute atomic E-state index is 13.0. The van der Waals surface area contributed by atoms with Crippen LogP contribution in [0.5, 0.6) is 0 Å². The van der Waals surface area contributed by atoms with Crippen molar-refractivity contribution in [1.29, 1.82) is 0 Å². The Balaban J connectivity index is 0.000000822. The molecule has 3 saturated carbocycles. The molecule has 5 heteroatoms. The molecule has 3 nitrogen and oxygen atoms in total. The summed E-state index contributed by atoms with van der Waals surface area (Å²) in [5, 5.41) is 0. The van der Waals surface area contributed by atoms with Crippen molar-refractivity contribution in [2.45, 2.75) is 83.5 Å². The first-order chi connectivity index (χ1) is 15.0. The summed E-state index contributed by atoms with van der Waals surface area (Å²) >= 11 is 1.74. The quantitative estimate of drug-likeness (QED) is 0.183. The minimum atomic E-state index is 0. The van der Waals surface area contributed by atoms with E-state index in [9.17, 15) is 4.79 Å². The molecule has 0 heterocycles. The molecule has 176 valence electrons. The normalized spacial score (nSPS) is 27.5. The number of hydrogen-bond donors (Lipinski definition) is 0. The molecule has 1 aromatic rings. The summed E-state index contributed by atoms with van der Waals surface area (Å²) in [5.41, 5.74) is 0.304. The third-order valence-electron chi connectivity index (χ3n) is 6.87. The van der Waals surface area contributed by atoms with Gasteiger partial charge in [-0.25, -0.2) is 0 Å². The monoisotopic (exact) mass is 497 g/mol. The van der Waals surface area contributed by atoms with Crippen molar-refractivity contribution in [1.82, 2.24) is 0 Å². The predicted octanol–water partition coefficient (Wildman–Crippen LogP) is 7.48. The van der Waals surface area contributed by atoms with E-state index in [1.54, 1.807) is 11.8 Å². The van der Waals surface area contributed by atoms with Gasteiger partial charge in [0.15, 0.2) is 0 Å². The SMILES string of the molecule is C1CCCC1.CC(C)C[C@H]1C[C@]2(C)CC[C@@H]2C(=O)C1[CH-]Sc1ccccc1.[C-]#[O+].[C-]#[O+].[Fe+2]. The van der Waals surface area contributed by atoms with Gasteiger partial charge >= 0.3 is 39.7 Å². The molecule has 0 bridgehead atoms. The topological polar surface area (TPSA) is 56.9 Å². The molecular formula is C27H37FeO3S+. The van der Waals surface area contributed by atoms with Crippen LogP contribution in [0, 0.1) is 48.1 Å². The molecule has 0 N–H and O–H groups in total. The van der Waals surface area contributed by atoms with E-state index in [0.717, 1.165) is 6.42 Å². The van der Waals surface area contributed by atoms with E-state index >= 15 is 0 Å². The summed E-state index contributed by atoms with van der Waals surface area (Å²) in [7, 11) is 0. The fourth-order valence-electron chi connectivity index (χ4n) is 5.25. The van der Waals surface area contributed by atoms with Crippen LogP contribution in [0.4, 0.5) is 0 Å². The van der Waals surface area contributed by atoms with Crippen molar-refractivity contribution in [2.24, 2.45) is 29.1 Å². The average molecular weight is 498 g/mol. The van der Waals surface area contributed by atoms with Crippen LogP contribution >= 0.6 is 11.8 Å². The van der Waals surface area contributed by atoms with Gasteiger partial charge in [0, 0.05) is 5.92 Å². The molecule has 1 unspecified atom stereocenters. The molecule has 0 spiro atoms. The minimum absolute atomic E-state index is 0. The number of thioether (sulfide) groups is 1. The van der Waals surface area contributed by atoms with Gasteiger partial charge in [-0.3, -0.25) is 5.75 Å². The van der Waals surface area contributed by atoms with Crippen LogP contribution in [0.15, 0.2) is 35.2 Å². The van der Waals surface area contributed by atoms with Crippen molar-refractivity contribution >= 4 is 17.5 Å². The first kappa shape index (κ1) is 31.2. The molecule has 0 radical (unpaired) electrons. The summed E-state index contributed by atoms with van der Waals surface area (Å²) < 4.78 is 15.0. The molecule has 0 amide bonds. The predicted molar refractivity (Wildman–Crippen MR) is 124 cm³/mol. The van der Waals surface area contributed by atoms with Gasteiger partial charge < -0.3 is 16.6 Å². The van der Waals surface area contributed by atoms with Crippen molar-refractivity contribution in [3.8, 4) is 0 Å². The van der Waals surface area contributed by atoms with Crippen molar-refractivity contribution in [3.63, 3.8) is 0 Å². The zero-order valence-electron chi connectivity index (χ0n) is 19.6. The van der Waals surface area contributed by atoms with Crippen molar-refractivity contribution < 1.29 is 31.2 Å². The van der Waals surface area contributed by atoms with Gasteiger partial charge in [0.2, 0.25) is 0 Å². The van der Waals surface area contributed by atoms with Gasteiger partial charge in [0.1, 0.15) is 5.78 Å². The second-order valence-corrected chi connectivity index (χ2v) is 10.6. The Morgan fingerprint density at radius 1 is 1.06 bits per heavy atom. The number of benzene rings is 1. The maximum Gasteiger partial charge on any atom is 2.00 e. The Morgan fingerprint density at radius 3 is 2.03 bits per heavy atom. The number of hydrogen-bond acceptors (Lipinski definition) is 2. The number of carbonyl (C=O) groups excluding carboxylic acids is 1. The largest absolute Gasteiger partial charge is 2.00 e. The molecule has 0 aliphatic heterocycles. The van der Waals surface area contributed by atoms with Crippen LogP contribution in [-0.4, -0.2) is 5.78 Å². The van der Waals surface area contributed by atoms with E-state index in [1.165, 1.54) is 56.3 Å². The smallest absolute Gasteiger partial charge is 2.00 e. The molecule has 0 saturated heterocycles. The van der Waals surface area contributed by atoms with Crippen LogP contribution in [0.25, 0.3) is 0 Å². The Kier molecular flexibility index (Phi) is 16.4. The molecule has 4 rings (SSSR count). The Hall–Kier alpha value is -0.761. The summed E-state index contributed by atoms with van der Waals surface area (Å²) in [4.78, 5) is 14.2. The second kappa shape index (κ2) is 16.8.